The fourth-order valence-corrected chi connectivity index (χ4v) is 2.95. The van der Waals surface area contributed by atoms with Gasteiger partial charge in [0.1, 0.15) is 0 Å². The standard InChI is InChI=1S/C15H21N5/c1-2-5-12(6-3-1)9-10-16-14-8-4-7-13(11-14)15-17-19-20-18-15/h4,7-8,11-12,16H,1-3,5-6,9-10H2,(H,17,18,19,20). The molecule has 0 spiro atoms. The van der Waals surface area contributed by atoms with Gasteiger partial charge >= 0.3 is 0 Å². The molecule has 1 fully saturated rings. The molecule has 5 heteroatoms. The van der Waals surface area contributed by atoms with E-state index in [1.165, 1.54) is 38.5 Å². The lowest BCUT2D eigenvalue weighted by molar-refractivity contribution is 0.345. The molecule has 5 nitrogen and oxygen atoms in total. The van der Waals surface area contributed by atoms with Gasteiger partial charge in [0, 0.05) is 17.8 Å². The van der Waals surface area contributed by atoms with E-state index in [9.17, 15) is 0 Å². The molecule has 1 aromatic carbocycles. The Morgan fingerprint density at radius 2 is 2.10 bits per heavy atom. The van der Waals surface area contributed by atoms with E-state index in [1.807, 2.05) is 12.1 Å². The minimum Gasteiger partial charge on any atom is -0.385 e. The number of aromatic amines is 1. The highest BCUT2D eigenvalue weighted by Crippen LogP contribution is 2.26. The molecule has 1 saturated carbocycles. The molecule has 0 bridgehead atoms. The Hall–Kier alpha value is -1.91. The van der Waals surface area contributed by atoms with Gasteiger partial charge in [-0.1, -0.05) is 44.2 Å². The second-order valence-corrected chi connectivity index (χ2v) is 5.54. The molecule has 0 saturated heterocycles. The third kappa shape index (κ3) is 3.35. The highest BCUT2D eigenvalue weighted by Gasteiger charge is 2.12. The molecular formula is C15H21N5. The van der Waals surface area contributed by atoms with Crippen LogP contribution in [0, 0.1) is 5.92 Å². The molecule has 0 amide bonds. The maximum atomic E-state index is 4.01. The topological polar surface area (TPSA) is 66.5 Å². The molecule has 1 aliphatic rings. The maximum absolute atomic E-state index is 4.01. The predicted octanol–water partition coefficient (Wildman–Crippen LogP) is 3.25. The molecule has 0 radical (unpaired) electrons. The molecule has 1 aliphatic carbocycles. The van der Waals surface area contributed by atoms with E-state index in [1.54, 1.807) is 0 Å². The number of nitrogens with zero attached hydrogens (tertiary/aromatic N) is 3. The van der Waals surface area contributed by atoms with Crippen LogP contribution in [0.25, 0.3) is 11.4 Å². The van der Waals surface area contributed by atoms with E-state index in [0.717, 1.165) is 23.7 Å². The normalized spacial score (nSPS) is 16.2. The summed E-state index contributed by atoms with van der Waals surface area (Å²) in [4.78, 5) is 0. The third-order valence-electron chi connectivity index (χ3n) is 4.07. The van der Waals surface area contributed by atoms with Gasteiger partial charge in [-0.3, -0.25) is 0 Å². The van der Waals surface area contributed by atoms with Crippen molar-refractivity contribution < 1.29 is 0 Å². The van der Waals surface area contributed by atoms with Crippen molar-refractivity contribution in [1.82, 2.24) is 20.6 Å². The average Bonchev–Trinajstić information content (AvgIpc) is 3.03. The number of rotatable bonds is 5. The summed E-state index contributed by atoms with van der Waals surface area (Å²) in [6, 6.07) is 8.18. The van der Waals surface area contributed by atoms with Crippen LogP contribution < -0.4 is 5.32 Å². The van der Waals surface area contributed by atoms with Gasteiger partial charge in [0.25, 0.3) is 0 Å². The number of anilines is 1. The van der Waals surface area contributed by atoms with Crippen LogP contribution in [0.1, 0.15) is 38.5 Å². The number of tetrazole rings is 1. The molecule has 106 valence electrons. The van der Waals surface area contributed by atoms with Crippen molar-refractivity contribution in [3.05, 3.63) is 24.3 Å². The Kier molecular flexibility index (Phi) is 4.25. The SMILES string of the molecule is c1cc(NCCC2CCCCC2)cc(-c2nn[nH]n2)c1. The van der Waals surface area contributed by atoms with Crippen LogP contribution in [0.5, 0.6) is 0 Å². The lowest BCUT2D eigenvalue weighted by Crippen LogP contribution is -2.12. The Morgan fingerprint density at radius 3 is 2.90 bits per heavy atom. The zero-order valence-corrected chi connectivity index (χ0v) is 11.7. The van der Waals surface area contributed by atoms with Crippen LogP contribution in [0.4, 0.5) is 5.69 Å². The van der Waals surface area contributed by atoms with Crippen molar-refractivity contribution in [1.29, 1.82) is 0 Å². The Balaban J connectivity index is 1.53. The van der Waals surface area contributed by atoms with E-state index in [0.29, 0.717) is 5.82 Å². The van der Waals surface area contributed by atoms with Gasteiger partial charge in [-0.05, 0) is 29.7 Å². The molecule has 20 heavy (non-hydrogen) atoms. The molecule has 2 aromatic rings. The molecule has 0 aliphatic heterocycles. The molecule has 2 N–H and O–H groups in total. The van der Waals surface area contributed by atoms with Gasteiger partial charge < -0.3 is 5.32 Å². The van der Waals surface area contributed by atoms with Crippen molar-refractivity contribution in [2.45, 2.75) is 38.5 Å². The minimum atomic E-state index is 0.640. The number of benzene rings is 1. The van der Waals surface area contributed by atoms with Gasteiger partial charge in [0.05, 0.1) is 0 Å². The van der Waals surface area contributed by atoms with Crippen LogP contribution in [-0.4, -0.2) is 27.2 Å². The van der Waals surface area contributed by atoms with Crippen molar-refractivity contribution in [3.8, 4) is 11.4 Å². The predicted molar refractivity (Wildman–Crippen MR) is 79.3 cm³/mol. The summed E-state index contributed by atoms with van der Waals surface area (Å²) in [6.07, 6.45) is 8.34. The summed E-state index contributed by atoms with van der Waals surface area (Å²) < 4.78 is 0. The number of hydrogen-bond acceptors (Lipinski definition) is 4. The largest absolute Gasteiger partial charge is 0.385 e. The summed E-state index contributed by atoms with van der Waals surface area (Å²) in [6.45, 7) is 1.04. The highest BCUT2D eigenvalue weighted by molar-refractivity contribution is 5.61. The Labute approximate surface area is 119 Å². The number of hydrogen-bond donors (Lipinski definition) is 2. The highest BCUT2D eigenvalue weighted by atomic mass is 15.5. The van der Waals surface area contributed by atoms with Crippen molar-refractivity contribution >= 4 is 5.69 Å². The first-order valence-corrected chi connectivity index (χ1v) is 7.49. The van der Waals surface area contributed by atoms with Crippen LogP contribution in [0.2, 0.25) is 0 Å². The average molecular weight is 271 g/mol. The Bertz CT molecular complexity index is 517. The fourth-order valence-electron chi connectivity index (χ4n) is 2.95. The van der Waals surface area contributed by atoms with Gasteiger partial charge in [0.2, 0.25) is 5.82 Å². The van der Waals surface area contributed by atoms with Crippen LogP contribution in [0.15, 0.2) is 24.3 Å². The molecule has 1 heterocycles. The molecule has 1 aromatic heterocycles. The number of aromatic nitrogens is 4. The monoisotopic (exact) mass is 271 g/mol. The molecule has 0 unspecified atom stereocenters. The number of nitrogens with one attached hydrogen (secondary N) is 2. The first kappa shape index (κ1) is 13.1. The second-order valence-electron chi connectivity index (χ2n) is 5.54. The number of H-pyrrole nitrogens is 1. The second kappa shape index (κ2) is 6.50. The van der Waals surface area contributed by atoms with Crippen molar-refractivity contribution in [2.75, 3.05) is 11.9 Å². The van der Waals surface area contributed by atoms with Crippen LogP contribution >= 0.6 is 0 Å². The zero-order chi connectivity index (χ0) is 13.6. The smallest absolute Gasteiger partial charge is 0.204 e. The first-order valence-electron chi connectivity index (χ1n) is 7.49. The van der Waals surface area contributed by atoms with Gasteiger partial charge in [-0.15, -0.1) is 10.2 Å². The summed E-state index contributed by atoms with van der Waals surface area (Å²) in [7, 11) is 0. The molecule has 0 atom stereocenters. The third-order valence-corrected chi connectivity index (χ3v) is 4.07. The van der Waals surface area contributed by atoms with E-state index in [-0.39, 0.29) is 0 Å². The van der Waals surface area contributed by atoms with Crippen molar-refractivity contribution in [2.24, 2.45) is 5.92 Å². The summed E-state index contributed by atoms with van der Waals surface area (Å²) >= 11 is 0. The van der Waals surface area contributed by atoms with Crippen molar-refractivity contribution in [3.63, 3.8) is 0 Å². The van der Waals surface area contributed by atoms with Gasteiger partial charge in [-0.25, -0.2) is 0 Å². The summed E-state index contributed by atoms with van der Waals surface area (Å²) in [5.41, 5.74) is 2.12. The summed E-state index contributed by atoms with van der Waals surface area (Å²) in [5, 5.41) is 17.6. The van der Waals surface area contributed by atoms with Gasteiger partial charge in [-0.2, -0.15) is 5.21 Å². The molecule has 3 rings (SSSR count). The van der Waals surface area contributed by atoms with Crippen LogP contribution in [-0.2, 0) is 0 Å². The first-order chi connectivity index (χ1) is 9.92. The van der Waals surface area contributed by atoms with Gasteiger partial charge in [0.15, 0.2) is 0 Å². The maximum Gasteiger partial charge on any atom is 0.204 e. The minimum absolute atomic E-state index is 0.640. The molecular weight excluding hydrogens is 250 g/mol. The fraction of sp³-hybridized carbons (Fsp3) is 0.533. The lowest BCUT2D eigenvalue weighted by Gasteiger charge is -2.21. The Morgan fingerprint density at radius 1 is 1.20 bits per heavy atom. The van der Waals surface area contributed by atoms with E-state index < -0.39 is 0 Å². The van der Waals surface area contributed by atoms with E-state index in [4.69, 9.17) is 0 Å². The van der Waals surface area contributed by atoms with E-state index >= 15 is 0 Å². The van der Waals surface area contributed by atoms with E-state index in [2.05, 4.69) is 38.1 Å². The summed E-state index contributed by atoms with van der Waals surface area (Å²) in [5.74, 6) is 1.55. The van der Waals surface area contributed by atoms with Crippen LogP contribution in [0.3, 0.4) is 0 Å². The zero-order valence-electron chi connectivity index (χ0n) is 11.7. The lowest BCUT2D eigenvalue weighted by atomic mass is 9.87. The quantitative estimate of drug-likeness (QED) is 0.876.